The Kier molecular flexibility index (Phi) is 5.49. The largest absolute Gasteiger partial charge is 0.396 e. The summed E-state index contributed by atoms with van der Waals surface area (Å²) in [6.45, 7) is 1.90. The van der Waals surface area contributed by atoms with Gasteiger partial charge in [0.2, 0.25) is 0 Å². The van der Waals surface area contributed by atoms with Crippen molar-refractivity contribution < 1.29 is 10.0 Å². The number of aliphatic hydroxyl groups is 1. The van der Waals surface area contributed by atoms with Gasteiger partial charge in [-0.25, -0.2) is 0 Å². The molecule has 2 rings (SSSR count). The van der Waals surface area contributed by atoms with Crippen LogP contribution in [0.15, 0.2) is 24.3 Å². The van der Waals surface area contributed by atoms with E-state index in [2.05, 4.69) is 5.32 Å². The van der Waals surface area contributed by atoms with Gasteiger partial charge in [0.15, 0.2) is 0 Å². The van der Waals surface area contributed by atoms with Gasteiger partial charge in [-0.2, -0.15) is 0 Å². The Morgan fingerprint density at radius 1 is 1.20 bits per heavy atom. The first kappa shape index (κ1) is 14.9. The standard InChI is InChI=1S/C15H22N2O3/c18-11-14-4-2-1-3-13(14)10-16-9-12-5-7-15(8-6-12)17(19)20/h5-8,13-14,16,18H,1-4,9-11H2. The summed E-state index contributed by atoms with van der Waals surface area (Å²) in [7, 11) is 0. The molecule has 1 aromatic rings. The molecule has 1 aliphatic carbocycles. The van der Waals surface area contributed by atoms with Gasteiger partial charge in [0.25, 0.3) is 5.69 Å². The molecule has 5 heteroatoms. The first-order valence-corrected chi connectivity index (χ1v) is 7.25. The third-order valence-corrected chi connectivity index (χ3v) is 4.18. The van der Waals surface area contributed by atoms with Gasteiger partial charge in [-0.3, -0.25) is 10.1 Å². The van der Waals surface area contributed by atoms with E-state index in [1.54, 1.807) is 12.1 Å². The van der Waals surface area contributed by atoms with Crippen LogP contribution >= 0.6 is 0 Å². The molecular formula is C15H22N2O3. The lowest BCUT2D eigenvalue weighted by molar-refractivity contribution is -0.384. The van der Waals surface area contributed by atoms with Gasteiger partial charge in [-0.15, -0.1) is 0 Å². The topological polar surface area (TPSA) is 75.4 Å². The fourth-order valence-corrected chi connectivity index (χ4v) is 2.93. The number of benzene rings is 1. The van der Waals surface area contributed by atoms with Crippen molar-refractivity contribution in [3.05, 3.63) is 39.9 Å². The lowest BCUT2D eigenvalue weighted by Crippen LogP contribution is -2.32. The van der Waals surface area contributed by atoms with Crippen LogP contribution in [0.5, 0.6) is 0 Å². The lowest BCUT2D eigenvalue weighted by atomic mass is 9.79. The third-order valence-electron chi connectivity index (χ3n) is 4.18. The second kappa shape index (κ2) is 7.36. The first-order chi connectivity index (χ1) is 9.70. The highest BCUT2D eigenvalue weighted by atomic mass is 16.6. The lowest BCUT2D eigenvalue weighted by Gasteiger charge is -2.30. The van der Waals surface area contributed by atoms with Crippen LogP contribution in [0.2, 0.25) is 0 Å². The van der Waals surface area contributed by atoms with Crippen LogP contribution in [0.4, 0.5) is 5.69 Å². The molecule has 1 aliphatic rings. The molecule has 0 bridgehead atoms. The summed E-state index contributed by atoms with van der Waals surface area (Å²) in [5.74, 6) is 0.972. The zero-order valence-corrected chi connectivity index (χ0v) is 11.6. The number of hydrogen-bond acceptors (Lipinski definition) is 4. The van der Waals surface area contributed by atoms with Crippen molar-refractivity contribution in [3.8, 4) is 0 Å². The maximum atomic E-state index is 10.6. The van der Waals surface area contributed by atoms with Crippen molar-refractivity contribution in [1.82, 2.24) is 5.32 Å². The van der Waals surface area contributed by atoms with E-state index in [9.17, 15) is 15.2 Å². The predicted octanol–water partition coefficient (Wildman–Crippen LogP) is 2.48. The Bertz CT molecular complexity index is 433. The van der Waals surface area contributed by atoms with Crippen molar-refractivity contribution >= 4 is 5.69 Å². The molecule has 2 N–H and O–H groups in total. The van der Waals surface area contributed by atoms with E-state index in [0.29, 0.717) is 18.4 Å². The highest BCUT2D eigenvalue weighted by Crippen LogP contribution is 2.29. The van der Waals surface area contributed by atoms with E-state index in [1.807, 2.05) is 0 Å². The van der Waals surface area contributed by atoms with Gasteiger partial charge >= 0.3 is 0 Å². The Morgan fingerprint density at radius 2 is 1.85 bits per heavy atom. The molecule has 1 aromatic carbocycles. The molecule has 0 aliphatic heterocycles. The molecule has 110 valence electrons. The minimum atomic E-state index is -0.384. The zero-order valence-electron chi connectivity index (χ0n) is 11.6. The van der Waals surface area contributed by atoms with E-state index in [4.69, 9.17) is 0 Å². The van der Waals surface area contributed by atoms with Gasteiger partial charge in [-0.05, 0) is 36.8 Å². The first-order valence-electron chi connectivity index (χ1n) is 7.25. The number of nitrogens with one attached hydrogen (secondary N) is 1. The van der Waals surface area contributed by atoms with E-state index in [0.717, 1.165) is 18.5 Å². The molecule has 1 fully saturated rings. The molecule has 0 radical (unpaired) electrons. The number of nitrogens with zero attached hydrogens (tertiary/aromatic N) is 1. The van der Waals surface area contributed by atoms with Crippen molar-refractivity contribution in [2.75, 3.05) is 13.2 Å². The minimum Gasteiger partial charge on any atom is -0.396 e. The monoisotopic (exact) mass is 278 g/mol. The average Bonchev–Trinajstić information content (AvgIpc) is 2.48. The number of non-ortho nitro benzene ring substituents is 1. The summed E-state index contributed by atoms with van der Waals surface area (Å²) < 4.78 is 0. The van der Waals surface area contributed by atoms with Crippen LogP contribution in [0, 0.1) is 22.0 Å². The summed E-state index contributed by atoms with van der Waals surface area (Å²) in [6, 6.07) is 6.65. The van der Waals surface area contributed by atoms with Gasteiger partial charge in [0, 0.05) is 25.3 Å². The normalized spacial score (nSPS) is 22.6. The van der Waals surface area contributed by atoms with E-state index in [1.165, 1.54) is 31.4 Å². The molecule has 2 unspecified atom stereocenters. The molecule has 0 saturated heterocycles. The van der Waals surface area contributed by atoms with Gasteiger partial charge < -0.3 is 10.4 Å². The Labute approximate surface area is 119 Å². The number of aliphatic hydroxyl groups excluding tert-OH is 1. The quantitative estimate of drug-likeness (QED) is 0.619. The zero-order chi connectivity index (χ0) is 14.4. The summed E-state index contributed by atoms with van der Waals surface area (Å²) in [4.78, 5) is 10.2. The third kappa shape index (κ3) is 4.02. The Balaban J connectivity index is 1.78. The second-order valence-electron chi connectivity index (χ2n) is 5.54. The van der Waals surface area contributed by atoms with E-state index >= 15 is 0 Å². The highest BCUT2D eigenvalue weighted by Gasteiger charge is 2.23. The smallest absolute Gasteiger partial charge is 0.269 e. The predicted molar refractivity (Wildman–Crippen MR) is 77.3 cm³/mol. The van der Waals surface area contributed by atoms with Crippen LogP contribution < -0.4 is 5.32 Å². The van der Waals surface area contributed by atoms with Crippen molar-refractivity contribution in [2.45, 2.75) is 32.2 Å². The molecule has 1 saturated carbocycles. The van der Waals surface area contributed by atoms with Gasteiger partial charge in [0.1, 0.15) is 0 Å². The summed E-state index contributed by atoms with van der Waals surface area (Å²) in [6.07, 6.45) is 4.78. The maximum absolute atomic E-state index is 10.6. The van der Waals surface area contributed by atoms with Crippen molar-refractivity contribution in [1.29, 1.82) is 0 Å². The number of nitro groups is 1. The van der Waals surface area contributed by atoms with Crippen molar-refractivity contribution in [2.24, 2.45) is 11.8 Å². The van der Waals surface area contributed by atoms with Gasteiger partial charge in [0.05, 0.1) is 4.92 Å². The molecule has 0 spiro atoms. The van der Waals surface area contributed by atoms with Crippen LogP contribution in [0.25, 0.3) is 0 Å². The minimum absolute atomic E-state index is 0.126. The molecule has 20 heavy (non-hydrogen) atoms. The van der Waals surface area contributed by atoms with Gasteiger partial charge in [-0.1, -0.05) is 25.0 Å². The Morgan fingerprint density at radius 3 is 2.45 bits per heavy atom. The summed E-state index contributed by atoms with van der Waals surface area (Å²) in [5.41, 5.74) is 1.17. The maximum Gasteiger partial charge on any atom is 0.269 e. The summed E-state index contributed by atoms with van der Waals surface area (Å²) >= 11 is 0. The van der Waals surface area contributed by atoms with E-state index in [-0.39, 0.29) is 17.2 Å². The van der Waals surface area contributed by atoms with E-state index < -0.39 is 0 Å². The van der Waals surface area contributed by atoms with Crippen LogP contribution in [0.1, 0.15) is 31.2 Å². The molecule has 0 heterocycles. The molecular weight excluding hydrogens is 256 g/mol. The molecule has 5 nitrogen and oxygen atoms in total. The molecule has 2 atom stereocenters. The summed E-state index contributed by atoms with van der Waals surface area (Å²) in [5, 5.41) is 23.3. The fourth-order valence-electron chi connectivity index (χ4n) is 2.93. The Hall–Kier alpha value is -1.46. The fraction of sp³-hybridized carbons (Fsp3) is 0.600. The van der Waals surface area contributed by atoms with Crippen LogP contribution in [0.3, 0.4) is 0 Å². The number of nitro benzene ring substituents is 1. The van der Waals surface area contributed by atoms with Crippen molar-refractivity contribution in [3.63, 3.8) is 0 Å². The average molecular weight is 278 g/mol. The van der Waals surface area contributed by atoms with Crippen LogP contribution in [-0.4, -0.2) is 23.2 Å². The molecule has 0 amide bonds. The van der Waals surface area contributed by atoms with Crippen LogP contribution in [-0.2, 0) is 6.54 Å². The number of hydrogen-bond donors (Lipinski definition) is 2. The molecule has 0 aromatic heterocycles. The SMILES string of the molecule is O=[N+]([O-])c1ccc(CNCC2CCCCC2CO)cc1. The highest BCUT2D eigenvalue weighted by molar-refractivity contribution is 5.32. The second-order valence-corrected chi connectivity index (χ2v) is 5.54. The number of rotatable bonds is 6.